The van der Waals surface area contributed by atoms with Crippen LogP contribution in [-0.4, -0.2) is 43.4 Å². The highest BCUT2D eigenvalue weighted by Gasteiger charge is 2.71. The maximum absolute atomic E-state index is 13.7. The second-order valence-electron chi connectivity index (χ2n) is 10.9. The standard InChI is InChI=1S/C27H32O7/c1-7-14-8-9-15-10-25(5)11-26(6)18(12(2)3)21(30)16(13(4)28)23(32)27(26,34)24(33)19(25)22(31)17(15)20(14)29/h8-9,12,18,29-30,33-34H,7,10-11H2,1-6H3/t18?,25-,26-,27+/m1/s1. The SMILES string of the molecule is CCc1ccc2c(c1O)C(=O)C1=C(O)[C@@]3(O)C(=O)C(C(C)=O)=C(O)C(C(C)C)[C@@]3(C)C[C@@]1(C)C2. The van der Waals surface area contributed by atoms with E-state index in [9.17, 15) is 34.8 Å². The summed E-state index contributed by atoms with van der Waals surface area (Å²) in [6, 6.07) is 3.57. The summed E-state index contributed by atoms with van der Waals surface area (Å²) in [6.45, 7) is 10.0. The van der Waals surface area contributed by atoms with Crippen LogP contribution in [0.1, 0.15) is 69.4 Å². The van der Waals surface area contributed by atoms with Gasteiger partial charge in [0.1, 0.15) is 22.8 Å². The molecule has 4 rings (SSSR count). The lowest BCUT2D eigenvalue weighted by Crippen LogP contribution is -2.67. The number of aryl methyl sites for hydroxylation is 1. The van der Waals surface area contributed by atoms with Crippen molar-refractivity contribution in [2.75, 3.05) is 0 Å². The Morgan fingerprint density at radius 1 is 1.15 bits per heavy atom. The highest BCUT2D eigenvalue weighted by molar-refractivity contribution is 6.25. The Balaban J connectivity index is 2.07. The van der Waals surface area contributed by atoms with Gasteiger partial charge in [-0.2, -0.15) is 0 Å². The third kappa shape index (κ3) is 2.70. The molecule has 1 aromatic carbocycles. The molecule has 1 aromatic rings. The summed E-state index contributed by atoms with van der Waals surface area (Å²) in [5.41, 5.74) is -4.34. The summed E-state index contributed by atoms with van der Waals surface area (Å²) in [6.07, 6.45) is 0.887. The molecule has 0 bridgehead atoms. The Morgan fingerprint density at radius 3 is 2.29 bits per heavy atom. The molecule has 3 aliphatic rings. The largest absolute Gasteiger partial charge is 0.511 e. The average molecular weight is 469 g/mol. The molecule has 0 radical (unpaired) electrons. The van der Waals surface area contributed by atoms with Crippen LogP contribution in [0.5, 0.6) is 5.75 Å². The minimum atomic E-state index is -2.57. The van der Waals surface area contributed by atoms with Gasteiger partial charge in [-0.1, -0.05) is 46.8 Å². The van der Waals surface area contributed by atoms with E-state index in [4.69, 9.17) is 0 Å². The fourth-order valence-electron chi connectivity index (χ4n) is 7.05. The van der Waals surface area contributed by atoms with E-state index in [2.05, 4.69) is 0 Å². The molecular weight excluding hydrogens is 436 g/mol. The number of fused-ring (bicyclic) bond motifs is 3. The molecule has 0 aromatic heterocycles. The first-order valence-electron chi connectivity index (χ1n) is 11.7. The number of benzene rings is 1. The first-order valence-corrected chi connectivity index (χ1v) is 11.7. The second-order valence-corrected chi connectivity index (χ2v) is 10.9. The van der Waals surface area contributed by atoms with Crippen LogP contribution in [0.15, 0.2) is 34.8 Å². The number of carbonyl (C=O) groups is 3. The number of carbonyl (C=O) groups excluding carboxylic acids is 3. The number of hydrogen-bond donors (Lipinski definition) is 4. The van der Waals surface area contributed by atoms with Gasteiger partial charge in [0.15, 0.2) is 17.2 Å². The Hall–Kier alpha value is -2.93. The summed E-state index contributed by atoms with van der Waals surface area (Å²) in [5.74, 6) is -4.91. The quantitative estimate of drug-likeness (QED) is 0.495. The van der Waals surface area contributed by atoms with Crippen LogP contribution in [0.4, 0.5) is 0 Å². The monoisotopic (exact) mass is 468 g/mol. The number of aromatic hydroxyl groups is 1. The van der Waals surface area contributed by atoms with Gasteiger partial charge in [-0.3, -0.25) is 14.4 Å². The summed E-state index contributed by atoms with van der Waals surface area (Å²) >= 11 is 0. The predicted molar refractivity (Wildman–Crippen MR) is 125 cm³/mol. The van der Waals surface area contributed by atoms with Crippen molar-refractivity contribution in [3.05, 3.63) is 51.5 Å². The van der Waals surface area contributed by atoms with E-state index >= 15 is 0 Å². The molecule has 3 aliphatic carbocycles. The molecule has 4 N–H and O–H groups in total. The number of hydrogen-bond acceptors (Lipinski definition) is 7. The highest BCUT2D eigenvalue weighted by Crippen LogP contribution is 2.65. The molecule has 4 atom stereocenters. The van der Waals surface area contributed by atoms with Gasteiger partial charge in [0, 0.05) is 22.3 Å². The Kier molecular flexibility index (Phi) is 5.18. The maximum Gasteiger partial charge on any atom is 0.209 e. The Morgan fingerprint density at radius 2 is 1.76 bits per heavy atom. The van der Waals surface area contributed by atoms with Gasteiger partial charge < -0.3 is 20.4 Å². The molecule has 0 spiro atoms. The zero-order chi connectivity index (χ0) is 25.5. The zero-order valence-corrected chi connectivity index (χ0v) is 20.4. The Bertz CT molecular complexity index is 1220. The van der Waals surface area contributed by atoms with Crippen LogP contribution in [0.25, 0.3) is 0 Å². The van der Waals surface area contributed by atoms with E-state index in [1.165, 1.54) is 0 Å². The van der Waals surface area contributed by atoms with E-state index in [0.29, 0.717) is 24.0 Å². The lowest BCUT2D eigenvalue weighted by molar-refractivity contribution is -0.171. The zero-order valence-electron chi connectivity index (χ0n) is 20.4. The van der Waals surface area contributed by atoms with E-state index < -0.39 is 51.0 Å². The molecular formula is C27H32O7. The van der Waals surface area contributed by atoms with Crippen LogP contribution in [0.2, 0.25) is 0 Å². The van der Waals surface area contributed by atoms with Gasteiger partial charge in [0.25, 0.3) is 0 Å². The number of rotatable bonds is 3. The third-order valence-corrected chi connectivity index (χ3v) is 8.34. The van der Waals surface area contributed by atoms with Gasteiger partial charge in [0.05, 0.1) is 5.56 Å². The number of aliphatic hydroxyl groups excluding tert-OH is 2. The normalized spacial score (nSPS) is 33.1. The fraction of sp³-hybridized carbons (Fsp3) is 0.519. The summed E-state index contributed by atoms with van der Waals surface area (Å²) in [5, 5.41) is 45.4. The minimum absolute atomic E-state index is 0.0689. The second kappa shape index (κ2) is 7.28. The fourth-order valence-corrected chi connectivity index (χ4v) is 7.05. The van der Waals surface area contributed by atoms with Crippen LogP contribution >= 0.6 is 0 Å². The predicted octanol–water partition coefficient (Wildman–Crippen LogP) is 3.91. The van der Waals surface area contributed by atoms with Crippen LogP contribution < -0.4 is 0 Å². The molecule has 0 amide bonds. The lowest BCUT2D eigenvalue weighted by atomic mass is 9.44. The Labute approximate surface area is 198 Å². The van der Waals surface area contributed by atoms with Crippen molar-refractivity contribution in [3.63, 3.8) is 0 Å². The van der Waals surface area contributed by atoms with Crippen LogP contribution in [0.3, 0.4) is 0 Å². The molecule has 34 heavy (non-hydrogen) atoms. The van der Waals surface area contributed by atoms with Crippen molar-refractivity contribution in [2.24, 2.45) is 22.7 Å². The number of phenolic OH excluding ortho intramolecular Hbond substituents is 1. The molecule has 182 valence electrons. The van der Waals surface area contributed by atoms with Crippen molar-refractivity contribution in [1.82, 2.24) is 0 Å². The smallest absolute Gasteiger partial charge is 0.209 e. The number of phenols is 1. The molecule has 1 unspecified atom stereocenters. The van der Waals surface area contributed by atoms with Gasteiger partial charge in [-0.25, -0.2) is 0 Å². The molecule has 0 saturated carbocycles. The van der Waals surface area contributed by atoms with Crippen LogP contribution in [-0.2, 0) is 22.4 Å². The number of aliphatic hydroxyl groups is 3. The topological polar surface area (TPSA) is 132 Å². The summed E-state index contributed by atoms with van der Waals surface area (Å²) in [7, 11) is 0. The highest BCUT2D eigenvalue weighted by atomic mass is 16.3. The number of Topliss-reactive ketones (excluding diaryl/α,β-unsaturated/α-hetero) is 3. The maximum atomic E-state index is 13.7. The molecule has 7 heteroatoms. The summed E-state index contributed by atoms with van der Waals surface area (Å²) in [4.78, 5) is 39.7. The molecule has 0 heterocycles. The van der Waals surface area contributed by atoms with Crippen molar-refractivity contribution < 1.29 is 34.8 Å². The summed E-state index contributed by atoms with van der Waals surface area (Å²) < 4.78 is 0. The van der Waals surface area contributed by atoms with Gasteiger partial charge in [0.2, 0.25) is 5.78 Å². The first kappa shape index (κ1) is 24.2. The average Bonchev–Trinajstić information content (AvgIpc) is 2.70. The molecule has 0 aliphatic heterocycles. The molecule has 0 saturated heterocycles. The van der Waals surface area contributed by atoms with E-state index in [-0.39, 0.29) is 35.0 Å². The van der Waals surface area contributed by atoms with Crippen molar-refractivity contribution in [2.45, 2.75) is 66.4 Å². The first-order chi connectivity index (χ1) is 15.7. The minimum Gasteiger partial charge on any atom is -0.511 e. The van der Waals surface area contributed by atoms with Crippen molar-refractivity contribution >= 4 is 17.3 Å². The van der Waals surface area contributed by atoms with Gasteiger partial charge >= 0.3 is 0 Å². The van der Waals surface area contributed by atoms with Crippen molar-refractivity contribution in [1.29, 1.82) is 0 Å². The van der Waals surface area contributed by atoms with E-state index in [1.54, 1.807) is 26.0 Å². The van der Waals surface area contributed by atoms with Crippen LogP contribution in [0, 0.1) is 22.7 Å². The number of allylic oxidation sites excluding steroid dienone is 2. The third-order valence-electron chi connectivity index (χ3n) is 8.34. The molecule has 0 fully saturated rings. The van der Waals surface area contributed by atoms with Crippen molar-refractivity contribution in [3.8, 4) is 5.75 Å². The van der Waals surface area contributed by atoms with Gasteiger partial charge in [-0.15, -0.1) is 0 Å². The number of ketones is 3. The molecule has 7 nitrogen and oxygen atoms in total. The van der Waals surface area contributed by atoms with E-state index in [1.807, 2.05) is 20.8 Å². The lowest BCUT2D eigenvalue weighted by Gasteiger charge is -2.59. The van der Waals surface area contributed by atoms with E-state index in [0.717, 1.165) is 6.92 Å². The van der Waals surface area contributed by atoms with Gasteiger partial charge in [-0.05, 0) is 43.2 Å².